The summed E-state index contributed by atoms with van der Waals surface area (Å²) in [4.78, 5) is 5.04. The maximum atomic E-state index is 5.68. The van der Waals surface area contributed by atoms with Crippen molar-refractivity contribution in [3.63, 3.8) is 0 Å². The van der Waals surface area contributed by atoms with Gasteiger partial charge in [0.2, 0.25) is 0 Å². The van der Waals surface area contributed by atoms with Crippen LogP contribution in [0.2, 0.25) is 0 Å². The number of hydrogen-bond donors (Lipinski definition) is 1. The zero-order chi connectivity index (χ0) is 14.4. The lowest BCUT2D eigenvalue weighted by molar-refractivity contribution is 0.121. The van der Waals surface area contributed by atoms with Crippen LogP contribution in [0.4, 0.5) is 0 Å². The van der Waals surface area contributed by atoms with Gasteiger partial charge >= 0.3 is 0 Å². The fraction of sp³-hybridized carbons (Fsp3) is 0.750. The second-order valence-electron chi connectivity index (χ2n) is 6.07. The van der Waals surface area contributed by atoms with E-state index in [4.69, 9.17) is 4.42 Å². The molecule has 1 fully saturated rings. The second kappa shape index (κ2) is 7.81. The van der Waals surface area contributed by atoms with Gasteiger partial charge in [0.25, 0.3) is 0 Å². The summed E-state index contributed by atoms with van der Waals surface area (Å²) in [6, 6.07) is 2.70. The Bertz CT molecular complexity index is 381. The fourth-order valence-corrected chi connectivity index (χ4v) is 2.63. The van der Waals surface area contributed by atoms with Crippen molar-refractivity contribution in [1.29, 1.82) is 0 Å². The molecule has 0 spiro atoms. The first kappa shape index (κ1) is 15.5. The SMILES string of the molecule is CCCN1CCN(Cc2cc(CNC(C)C)co2)CC1. The van der Waals surface area contributed by atoms with Crippen molar-refractivity contribution in [2.45, 2.75) is 46.3 Å². The Morgan fingerprint density at radius 2 is 1.90 bits per heavy atom. The molecule has 0 amide bonds. The van der Waals surface area contributed by atoms with Gasteiger partial charge in [0.15, 0.2) is 0 Å². The lowest BCUT2D eigenvalue weighted by Crippen LogP contribution is -2.45. The van der Waals surface area contributed by atoms with Gasteiger partial charge < -0.3 is 14.6 Å². The van der Waals surface area contributed by atoms with E-state index in [-0.39, 0.29) is 0 Å². The predicted molar refractivity (Wildman–Crippen MR) is 82.7 cm³/mol. The Kier molecular flexibility index (Phi) is 6.07. The van der Waals surface area contributed by atoms with Crippen LogP contribution < -0.4 is 5.32 Å². The zero-order valence-electron chi connectivity index (χ0n) is 13.2. The second-order valence-corrected chi connectivity index (χ2v) is 6.07. The monoisotopic (exact) mass is 279 g/mol. The fourth-order valence-electron chi connectivity index (χ4n) is 2.63. The number of piperazine rings is 1. The van der Waals surface area contributed by atoms with Crippen LogP contribution in [0.5, 0.6) is 0 Å². The number of furan rings is 1. The Hall–Kier alpha value is -0.840. The molecule has 1 aliphatic rings. The van der Waals surface area contributed by atoms with E-state index in [9.17, 15) is 0 Å². The number of nitrogens with zero attached hydrogens (tertiary/aromatic N) is 2. The van der Waals surface area contributed by atoms with Gasteiger partial charge in [-0.3, -0.25) is 4.90 Å². The third-order valence-corrected chi connectivity index (χ3v) is 3.81. The average Bonchev–Trinajstić information content (AvgIpc) is 2.87. The Morgan fingerprint density at radius 3 is 2.55 bits per heavy atom. The van der Waals surface area contributed by atoms with E-state index >= 15 is 0 Å². The van der Waals surface area contributed by atoms with Crippen molar-refractivity contribution in [3.05, 3.63) is 23.7 Å². The number of hydrogen-bond acceptors (Lipinski definition) is 4. The van der Waals surface area contributed by atoms with Gasteiger partial charge in [0, 0.05) is 44.3 Å². The lowest BCUT2D eigenvalue weighted by atomic mass is 10.2. The van der Waals surface area contributed by atoms with Crippen LogP contribution in [0.3, 0.4) is 0 Å². The first-order valence-corrected chi connectivity index (χ1v) is 7.91. The molecule has 4 heteroatoms. The maximum absolute atomic E-state index is 5.68. The minimum atomic E-state index is 0.514. The van der Waals surface area contributed by atoms with Crippen LogP contribution in [0.15, 0.2) is 16.7 Å². The molecule has 1 aromatic rings. The largest absolute Gasteiger partial charge is 0.468 e. The summed E-state index contributed by atoms with van der Waals surface area (Å²) in [5, 5.41) is 3.42. The molecule has 1 saturated heterocycles. The van der Waals surface area contributed by atoms with Crippen molar-refractivity contribution in [2.75, 3.05) is 32.7 Å². The Balaban J connectivity index is 1.74. The highest BCUT2D eigenvalue weighted by Gasteiger charge is 2.17. The van der Waals surface area contributed by atoms with Crippen molar-refractivity contribution in [2.24, 2.45) is 0 Å². The van der Waals surface area contributed by atoms with Crippen molar-refractivity contribution < 1.29 is 4.42 Å². The normalized spacial score (nSPS) is 18.0. The molecule has 1 aromatic heterocycles. The first-order chi connectivity index (χ1) is 9.67. The summed E-state index contributed by atoms with van der Waals surface area (Å²) in [6.07, 6.45) is 3.14. The van der Waals surface area contributed by atoms with Gasteiger partial charge in [-0.2, -0.15) is 0 Å². The van der Waals surface area contributed by atoms with E-state index < -0.39 is 0 Å². The highest BCUT2D eigenvalue weighted by atomic mass is 16.3. The summed E-state index contributed by atoms with van der Waals surface area (Å²) in [6.45, 7) is 14.3. The first-order valence-electron chi connectivity index (χ1n) is 7.91. The quantitative estimate of drug-likeness (QED) is 0.830. The topological polar surface area (TPSA) is 31.6 Å². The molecule has 1 aliphatic heterocycles. The van der Waals surface area contributed by atoms with E-state index in [0.29, 0.717) is 6.04 Å². The van der Waals surface area contributed by atoms with Gasteiger partial charge in [-0.1, -0.05) is 20.8 Å². The molecular formula is C16H29N3O. The van der Waals surface area contributed by atoms with Crippen LogP contribution in [0.25, 0.3) is 0 Å². The van der Waals surface area contributed by atoms with Crippen molar-refractivity contribution in [1.82, 2.24) is 15.1 Å². The molecule has 0 aromatic carbocycles. The summed E-state index contributed by atoms with van der Waals surface area (Å²) < 4.78 is 5.68. The van der Waals surface area contributed by atoms with Gasteiger partial charge in [-0.25, -0.2) is 0 Å². The molecular weight excluding hydrogens is 250 g/mol. The minimum Gasteiger partial charge on any atom is -0.468 e. The Morgan fingerprint density at radius 1 is 1.20 bits per heavy atom. The van der Waals surface area contributed by atoms with E-state index in [1.54, 1.807) is 0 Å². The third kappa shape index (κ3) is 4.93. The smallest absolute Gasteiger partial charge is 0.118 e. The van der Waals surface area contributed by atoms with Gasteiger partial charge in [0.05, 0.1) is 12.8 Å². The molecule has 0 unspecified atom stereocenters. The molecule has 0 atom stereocenters. The van der Waals surface area contributed by atoms with Crippen molar-refractivity contribution in [3.8, 4) is 0 Å². The molecule has 1 N–H and O–H groups in total. The van der Waals surface area contributed by atoms with E-state index in [1.165, 1.54) is 31.6 Å². The summed E-state index contributed by atoms with van der Waals surface area (Å²) >= 11 is 0. The highest BCUT2D eigenvalue weighted by molar-refractivity contribution is 5.12. The third-order valence-electron chi connectivity index (χ3n) is 3.81. The van der Waals surface area contributed by atoms with Crippen LogP contribution in [0.1, 0.15) is 38.5 Å². The van der Waals surface area contributed by atoms with Crippen LogP contribution in [-0.4, -0.2) is 48.6 Å². The number of nitrogens with one attached hydrogen (secondary N) is 1. The minimum absolute atomic E-state index is 0.514. The van der Waals surface area contributed by atoms with Gasteiger partial charge in [-0.05, 0) is 19.0 Å². The highest BCUT2D eigenvalue weighted by Crippen LogP contribution is 2.12. The zero-order valence-corrected chi connectivity index (χ0v) is 13.2. The summed E-state index contributed by atoms with van der Waals surface area (Å²) in [7, 11) is 0. The van der Waals surface area contributed by atoms with Gasteiger partial charge in [0.1, 0.15) is 5.76 Å². The van der Waals surface area contributed by atoms with E-state index in [1.807, 2.05) is 6.26 Å². The van der Waals surface area contributed by atoms with E-state index in [0.717, 1.165) is 31.9 Å². The molecule has 114 valence electrons. The lowest BCUT2D eigenvalue weighted by Gasteiger charge is -2.33. The molecule has 2 rings (SSSR count). The molecule has 4 nitrogen and oxygen atoms in total. The van der Waals surface area contributed by atoms with E-state index in [2.05, 4.69) is 42.0 Å². The Labute approximate surface area is 123 Å². The summed E-state index contributed by atoms with van der Waals surface area (Å²) in [5.41, 5.74) is 1.25. The van der Waals surface area contributed by atoms with Crippen LogP contribution in [-0.2, 0) is 13.1 Å². The van der Waals surface area contributed by atoms with Gasteiger partial charge in [-0.15, -0.1) is 0 Å². The molecule has 0 saturated carbocycles. The molecule has 20 heavy (non-hydrogen) atoms. The van der Waals surface area contributed by atoms with Crippen molar-refractivity contribution >= 4 is 0 Å². The standard InChI is InChI=1S/C16H29N3O/c1-4-5-18-6-8-19(9-7-18)12-16-10-15(13-20-16)11-17-14(2)3/h10,13-14,17H,4-9,11-12H2,1-3H3. The predicted octanol–water partition coefficient (Wildman–Crippen LogP) is 2.31. The van der Waals surface area contributed by atoms with Crippen LogP contribution >= 0.6 is 0 Å². The molecule has 0 bridgehead atoms. The summed E-state index contributed by atoms with van der Waals surface area (Å²) in [5.74, 6) is 1.09. The number of rotatable bonds is 7. The molecule has 0 aliphatic carbocycles. The molecule has 2 heterocycles. The molecule has 0 radical (unpaired) electrons. The average molecular weight is 279 g/mol. The maximum Gasteiger partial charge on any atom is 0.118 e. The van der Waals surface area contributed by atoms with Crippen LogP contribution in [0, 0.1) is 0 Å².